The zero-order chi connectivity index (χ0) is 21.0. The molecule has 0 saturated carbocycles. The van der Waals surface area contributed by atoms with Crippen molar-refractivity contribution in [2.24, 2.45) is 0 Å². The maximum absolute atomic E-state index is 13.1. The van der Waals surface area contributed by atoms with Crippen molar-refractivity contribution in [3.8, 4) is 0 Å². The molecule has 1 amide bonds. The summed E-state index contributed by atoms with van der Waals surface area (Å²) in [5.41, 5.74) is 4.14. The molecule has 3 aliphatic heterocycles. The molecule has 0 N–H and O–H groups in total. The van der Waals surface area contributed by atoms with Gasteiger partial charge in [0.1, 0.15) is 0 Å². The minimum atomic E-state index is -0.515. The summed E-state index contributed by atoms with van der Waals surface area (Å²) >= 11 is 1.70. The molecular formula is C22H28N2O4S. The van der Waals surface area contributed by atoms with Crippen LogP contribution < -0.4 is 0 Å². The zero-order valence-electron chi connectivity index (χ0n) is 17.3. The topological polar surface area (TPSA) is 59.1 Å². The van der Waals surface area contributed by atoms with Crippen LogP contribution in [0.15, 0.2) is 58.5 Å². The van der Waals surface area contributed by atoms with Gasteiger partial charge in [0.2, 0.25) is 0 Å². The van der Waals surface area contributed by atoms with E-state index in [0.29, 0.717) is 18.9 Å². The van der Waals surface area contributed by atoms with Crippen LogP contribution in [0.3, 0.4) is 0 Å². The van der Waals surface area contributed by atoms with Crippen molar-refractivity contribution in [3.63, 3.8) is 0 Å². The molecule has 7 heteroatoms. The van der Waals surface area contributed by atoms with Crippen molar-refractivity contribution < 1.29 is 19.1 Å². The van der Waals surface area contributed by atoms with Gasteiger partial charge in [0, 0.05) is 55.0 Å². The maximum atomic E-state index is 13.1. The van der Waals surface area contributed by atoms with Crippen LogP contribution >= 0.6 is 11.8 Å². The minimum absolute atomic E-state index is 0.166. The first-order valence-electron chi connectivity index (χ1n) is 9.78. The van der Waals surface area contributed by atoms with Crippen LogP contribution in [0.5, 0.6) is 0 Å². The Labute approximate surface area is 176 Å². The summed E-state index contributed by atoms with van der Waals surface area (Å²) in [6.07, 6.45) is 5.69. The predicted octanol–water partition coefficient (Wildman–Crippen LogP) is 3.36. The number of rotatable bonds is 5. The van der Waals surface area contributed by atoms with E-state index in [-0.39, 0.29) is 11.9 Å². The number of morpholine rings is 1. The largest absolute Gasteiger partial charge is 0.453 e. The fourth-order valence-corrected chi connectivity index (χ4v) is 4.49. The predicted molar refractivity (Wildman–Crippen MR) is 115 cm³/mol. The molecule has 3 heterocycles. The van der Waals surface area contributed by atoms with Gasteiger partial charge in [-0.05, 0) is 42.9 Å². The molecule has 3 rings (SSSR count). The average molecular weight is 417 g/mol. The third-order valence-corrected chi connectivity index (χ3v) is 5.98. The molecule has 0 aromatic rings. The van der Waals surface area contributed by atoms with Crippen LogP contribution in [0.4, 0.5) is 0 Å². The Morgan fingerprint density at radius 1 is 1.31 bits per heavy atom. The van der Waals surface area contributed by atoms with Gasteiger partial charge in [-0.15, -0.1) is 11.8 Å². The Hall–Kier alpha value is -2.25. The Bertz CT molecular complexity index is 819. The van der Waals surface area contributed by atoms with E-state index in [1.54, 1.807) is 28.9 Å². The monoisotopic (exact) mass is 416 g/mol. The highest BCUT2D eigenvalue weighted by atomic mass is 32.2. The lowest BCUT2D eigenvalue weighted by atomic mass is 9.94. The van der Waals surface area contributed by atoms with Gasteiger partial charge < -0.3 is 14.4 Å². The Kier molecular flexibility index (Phi) is 7.03. The lowest BCUT2D eigenvalue weighted by Gasteiger charge is -2.32. The van der Waals surface area contributed by atoms with Crippen molar-refractivity contribution in [2.75, 3.05) is 32.1 Å². The van der Waals surface area contributed by atoms with Crippen molar-refractivity contribution in [1.29, 1.82) is 0 Å². The fraction of sp³-hybridized carbons (Fsp3) is 0.455. The van der Waals surface area contributed by atoms with Crippen molar-refractivity contribution in [3.05, 3.63) is 58.5 Å². The summed E-state index contributed by atoms with van der Waals surface area (Å²) in [7, 11) is 0. The van der Waals surface area contributed by atoms with Crippen LogP contribution in [-0.4, -0.2) is 59.8 Å². The van der Waals surface area contributed by atoms with E-state index in [9.17, 15) is 9.59 Å². The third-order valence-electron chi connectivity index (χ3n) is 5.07. The molecule has 0 aromatic heterocycles. The summed E-state index contributed by atoms with van der Waals surface area (Å²) in [5.74, 6) is 0.446. The Morgan fingerprint density at radius 3 is 2.66 bits per heavy atom. The molecular weight excluding hydrogens is 388 g/mol. The van der Waals surface area contributed by atoms with Crippen LogP contribution in [-0.2, 0) is 19.1 Å². The highest BCUT2D eigenvalue weighted by Crippen LogP contribution is 2.35. The van der Waals surface area contributed by atoms with Crippen molar-refractivity contribution >= 4 is 23.6 Å². The minimum Gasteiger partial charge on any atom is -0.453 e. The lowest BCUT2D eigenvalue weighted by molar-refractivity contribution is -0.143. The number of nitrogens with zero attached hydrogens (tertiary/aromatic N) is 2. The maximum Gasteiger partial charge on any atom is 0.303 e. The van der Waals surface area contributed by atoms with Gasteiger partial charge in [-0.25, -0.2) is 0 Å². The Balaban J connectivity index is 1.83. The number of carbonyl (C=O) groups is 2. The Morgan fingerprint density at radius 2 is 2.03 bits per heavy atom. The molecule has 1 fully saturated rings. The highest BCUT2D eigenvalue weighted by molar-refractivity contribution is 8.02. The fourth-order valence-electron chi connectivity index (χ4n) is 3.57. The van der Waals surface area contributed by atoms with Crippen LogP contribution in [0.25, 0.3) is 0 Å². The van der Waals surface area contributed by atoms with E-state index in [4.69, 9.17) is 9.47 Å². The second-order valence-corrected chi connectivity index (χ2v) is 8.29. The number of carbonyl (C=O) groups excluding carboxylic acids is 2. The SMILES string of the molecule is C=C1C(C(OC(C)=O)C2=CSCC2)=CC(C)=CN1C(=O)/C=C(\C)N1CCOCC1. The first-order valence-corrected chi connectivity index (χ1v) is 10.8. The van der Waals surface area contributed by atoms with Gasteiger partial charge in [-0.2, -0.15) is 0 Å². The number of thioether (sulfide) groups is 1. The second kappa shape index (κ2) is 9.50. The number of esters is 1. The molecule has 0 aromatic carbocycles. The van der Waals surface area contributed by atoms with Crippen molar-refractivity contribution in [2.45, 2.75) is 33.3 Å². The molecule has 1 saturated heterocycles. The van der Waals surface area contributed by atoms with Crippen LogP contribution in [0, 0.1) is 0 Å². The summed E-state index contributed by atoms with van der Waals surface area (Å²) in [6, 6.07) is 0. The number of hydrogen-bond donors (Lipinski definition) is 0. The van der Waals surface area contributed by atoms with Gasteiger partial charge in [0.25, 0.3) is 5.91 Å². The molecule has 1 atom stereocenters. The third kappa shape index (κ3) is 5.22. The van der Waals surface area contributed by atoms with E-state index in [2.05, 4.69) is 11.5 Å². The average Bonchev–Trinajstić information content (AvgIpc) is 3.22. The molecule has 6 nitrogen and oxygen atoms in total. The summed E-state index contributed by atoms with van der Waals surface area (Å²) in [5, 5.41) is 2.05. The van der Waals surface area contributed by atoms with Gasteiger partial charge in [0.05, 0.1) is 13.2 Å². The molecule has 3 aliphatic rings. The van der Waals surface area contributed by atoms with E-state index in [1.807, 2.05) is 25.3 Å². The molecule has 29 heavy (non-hydrogen) atoms. The standard InChI is InChI=1S/C22H28N2O4S/c1-15-11-20(22(28-18(4)25)19-5-10-29-14-19)17(3)24(13-15)21(26)12-16(2)23-6-8-27-9-7-23/h11-14,22H,3,5-10H2,1-2,4H3/b16-12+. The molecule has 0 aliphatic carbocycles. The van der Waals surface area contributed by atoms with Crippen LogP contribution in [0.1, 0.15) is 27.2 Å². The summed E-state index contributed by atoms with van der Waals surface area (Å²) in [6.45, 7) is 12.3. The van der Waals surface area contributed by atoms with Gasteiger partial charge in [-0.1, -0.05) is 6.58 Å². The summed E-state index contributed by atoms with van der Waals surface area (Å²) in [4.78, 5) is 28.5. The lowest BCUT2D eigenvalue weighted by Crippen LogP contribution is -2.36. The first kappa shape index (κ1) is 21.5. The number of amides is 1. The molecule has 0 radical (unpaired) electrons. The zero-order valence-corrected chi connectivity index (χ0v) is 18.1. The summed E-state index contributed by atoms with van der Waals surface area (Å²) < 4.78 is 11.0. The van der Waals surface area contributed by atoms with E-state index < -0.39 is 6.10 Å². The number of allylic oxidation sites excluding steroid dienone is 3. The molecule has 0 bridgehead atoms. The van der Waals surface area contributed by atoms with E-state index in [1.165, 1.54) is 6.92 Å². The first-order chi connectivity index (χ1) is 13.9. The second-order valence-electron chi connectivity index (χ2n) is 7.32. The van der Waals surface area contributed by atoms with Crippen LogP contribution in [0.2, 0.25) is 0 Å². The normalized spacial score (nSPS) is 21.4. The smallest absolute Gasteiger partial charge is 0.303 e. The molecule has 1 unspecified atom stereocenters. The number of ether oxygens (including phenoxy) is 2. The highest BCUT2D eigenvalue weighted by Gasteiger charge is 2.31. The quantitative estimate of drug-likeness (QED) is 0.506. The van der Waals surface area contributed by atoms with E-state index in [0.717, 1.165) is 47.7 Å². The molecule has 156 valence electrons. The van der Waals surface area contributed by atoms with Crippen molar-refractivity contribution in [1.82, 2.24) is 9.80 Å². The van der Waals surface area contributed by atoms with E-state index >= 15 is 0 Å². The van der Waals surface area contributed by atoms with Gasteiger partial charge in [0.15, 0.2) is 6.10 Å². The van der Waals surface area contributed by atoms with Gasteiger partial charge >= 0.3 is 5.97 Å². The molecule has 0 spiro atoms. The number of hydrogen-bond acceptors (Lipinski definition) is 6. The van der Waals surface area contributed by atoms with Gasteiger partial charge in [-0.3, -0.25) is 14.5 Å².